The van der Waals surface area contributed by atoms with Crippen molar-refractivity contribution < 1.29 is 19.1 Å². The standard InChI is InChI=1S/C14H16O4/c1-8-5-10(3)11(6-9(8)2)12(15)7-13(16)14(17)18-4/h5-6H,7H2,1-4H3. The molecule has 18 heavy (non-hydrogen) atoms. The van der Waals surface area contributed by atoms with Crippen molar-refractivity contribution in [3.05, 3.63) is 34.4 Å². The highest BCUT2D eigenvalue weighted by Crippen LogP contribution is 2.17. The molecule has 0 aliphatic carbocycles. The molecule has 0 amide bonds. The highest BCUT2D eigenvalue weighted by atomic mass is 16.5. The van der Waals surface area contributed by atoms with E-state index in [0.29, 0.717) is 5.56 Å². The summed E-state index contributed by atoms with van der Waals surface area (Å²) in [5, 5.41) is 0. The largest absolute Gasteiger partial charge is 0.463 e. The summed E-state index contributed by atoms with van der Waals surface area (Å²) in [5.74, 6) is -2.16. The molecule has 0 atom stereocenters. The Morgan fingerprint density at radius 1 is 1.00 bits per heavy atom. The number of esters is 1. The molecule has 96 valence electrons. The van der Waals surface area contributed by atoms with Gasteiger partial charge in [0.2, 0.25) is 5.78 Å². The van der Waals surface area contributed by atoms with E-state index in [-0.39, 0.29) is 5.78 Å². The number of carbonyl (C=O) groups is 3. The topological polar surface area (TPSA) is 60.4 Å². The molecule has 4 heteroatoms. The number of ketones is 2. The van der Waals surface area contributed by atoms with Crippen LogP contribution in [0.3, 0.4) is 0 Å². The van der Waals surface area contributed by atoms with Crippen LogP contribution in [-0.2, 0) is 14.3 Å². The molecule has 0 spiro atoms. The molecular formula is C14H16O4. The van der Waals surface area contributed by atoms with Crippen molar-refractivity contribution in [2.45, 2.75) is 27.2 Å². The summed E-state index contributed by atoms with van der Waals surface area (Å²) >= 11 is 0. The number of ether oxygens (including phenoxy) is 1. The molecule has 1 aromatic carbocycles. The molecule has 4 nitrogen and oxygen atoms in total. The van der Waals surface area contributed by atoms with Crippen molar-refractivity contribution in [3.63, 3.8) is 0 Å². The van der Waals surface area contributed by atoms with E-state index in [1.807, 2.05) is 26.8 Å². The average molecular weight is 248 g/mol. The van der Waals surface area contributed by atoms with Crippen LogP contribution in [0.4, 0.5) is 0 Å². The summed E-state index contributed by atoms with van der Waals surface area (Å²) < 4.78 is 4.28. The van der Waals surface area contributed by atoms with Crippen molar-refractivity contribution >= 4 is 17.5 Å². The summed E-state index contributed by atoms with van der Waals surface area (Å²) in [4.78, 5) is 34.2. The molecule has 0 bridgehead atoms. The molecule has 1 rings (SSSR count). The highest BCUT2D eigenvalue weighted by Gasteiger charge is 2.20. The van der Waals surface area contributed by atoms with Gasteiger partial charge in [0.1, 0.15) is 0 Å². The van der Waals surface area contributed by atoms with Crippen LogP contribution in [-0.4, -0.2) is 24.6 Å². The molecule has 0 N–H and O–H groups in total. The third-order valence-corrected chi connectivity index (χ3v) is 2.88. The first-order chi connectivity index (χ1) is 8.36. The molecule has 0 saturated heterocycles. The van der Waals surface area contributed by atoms with Gasteiger partial charge in [-0.15, -0.1) is 0 Å². The van der Waals surface area contributed by atoms with E-state index in [1.165, 1.54) is 0 Å². The minimum Gasteiger partial charge on any atom is -0.463 e. The van der Waals surface area contributed by atoms with Crippen molar-refractivity contribution in [1.29, 1.82) is 0 Å². The molecule has 0 aromatic heterocycles. The number of benzene rings is 1. The zero-order chi connectivity index (χ0) is 13.9. The van der Waals surface area contributed by atoms with Gasteiger partial charge in [-0.1, -0.05) is 6.07 Å². The second kappa shape index (κ2) is 5.58. The maximum Gasteiger partial charge on any atom is 0.374 e. The Kier molecular flexibility index (Phi) is 4.37. The number of hydrogen-bond donors (Lipinski definition) is 0. The normalized spacial score (nSPS) is 10.0. The third-order valence-electron chi connectivity index (χ3n) is 2.88. The van der Waals surface area contributed by atoms with Gasteiger partial charge in [0.05, 0.1) is 13.5 Å². The Morgan fingerprint density at radius 2 is 1.56 bits per heavy atom. The fourth-order valence-electron chi connectivity index (χ4n) is 1.69. The summed E-state index contributed by atoms with van der Waals surface area (Å²) in [7, 11) is 1.12. The molecule has 0 aliphatic heterocycles. The second-order valence-corrected chi connectivity index (χ2v) is 4.27. The summed E-state index contributed by atoms with van der Waals surface area (Å²) in [6.45, 7) is 5.66. The first-order valence-corrected chi connectivity index (χ1v) is 5.59. The van der Waals surface area contributed by atoms with Gasteiger partial charge < -0.3 is 4.74 Å². The maximum atomic E-state index is 11.9. The quantitative estimate of drug-likeness (QED) is 0.353. The minimum atomic E-state index is -0.982. The number of hydrogen-bond acceptors (Lipinski definition) is 4. The summed E-state index contributed by atoms with van der Waals surface area (Å²) in [6.07, 6.45) is -0.448. The number of rotatable bonds is 4. The third kappa shape index (κ3) is 3.03. The van der Waals surface area contributed by atoms with E-state index in [2.05, 4.69) is 4.74 Å². The first kappa shape index (κ1) is 14.1. The monoisotopic (exact) mass is 248 g/mol. The van der Waals surface area contributed by atoms with Crippen LogP contribution in [0.2, 0.25) is 0 Å². The van der Waals surface area contributed by atoms with Crippen LogP contribution >= 0.6 is 0 Å². The minimum absolute atomic E-state index is 0.356. The average Bonchev–Trinajstić information content (AvgIpc) is 2.32. The van der Waals surface area contributed by atoms with E-state index in [0.717, 1.165) is 23.8 Å². The Labute approximate surface area is 106 Å². The van der Waals surface area contributed by atoms with Gasteiger partial charge in [0.25, 0.3) is 0 Å². The Balaban J connectivity index is 2.95. The molecular weight excluding hydrogens is 232 g/mol. The number of Topliss-reactive ketones (excluding diaryl/α,β-unsaturated/α-hetero) is 2. The van der Waals surface area contributed by atoms with Crippen LogP contribution in [0.5, 0.6) is 0 Å². The molecule has 0 heterocycles. The predicted octanol–water partition coefficient (Wildman–Crippen LogP) is 1.93. The Bertz CT molecular complexity index is 515. The smallest absolute Gasteiger partial charge is 0.374 e. The first-order valence-electron chi connectivity index (χ1n) is 5.59. The van der Waals surface area contributed by atoms with E-state index in [1.54, 1.807) is 6.07 Å². The fourth-order valence-corrected chi connectivity index (χ4v) is 1.69. The second-order valence-electron chi connectivity index (χ2n) is 4.27. The lowest BCUT2D eigenvalue weighted by molar-refractivity contribution is -0.151. The van der Waals surface area contributed by atoms with Gasteiger partial charge >= 0.3 is 5.97 Å². The van der Waals surface area contributed by atoms with Crippen molar-refractivity contribution in [2.75, 3.05) is 7.11 Å². The number of methoxy groups -OCH3 is 1. The fraction of sp³-hybridized carbons (Fsp3) is 0.357. The van der Waals surface area contributed by atoms with Crippen LogP contribution in [0.1, 0.15) is 33.5 Å². The molecule has 1 aromatic rings. The van der Waals surface area contributed by atoms with Gasteiger partial charge in [0.15, 0.2) is 5.78 Å². The summed E-state index contributed by atoms with van der Waals surface area (Å²) in [6, 6.07) is 3.64. The zero-order valence-corrected chi connectivity index (χ0v) is 11.0. The maximum absolute atomic E-state index is 11.9. The Morgan fingerprint density at radius 3 is 2.11 bits per heavy atom. The van der Waals surface area contributed by atoms with Crippen LogP contribution < -0.4 is 0 Å². The predicted molar refractivity (Wildman–Crippen MR) is 66.6 cm³/mol. The van der Waals surface area contributed by atoms with Gasteiger partial charge in [0, 0.05) is 5.56 Å². The van der Waals surface area contributed by atoms with Crippen LogP contribution in [0.25, 0.3) is 0 Å². The number of aryl methyl sites for hydroxylation is 3. The lowest BCUT2D eigenvalue weighted by Gasteiger charge is -2.08. The number of carbonyl (C=O) groups excluding carboxylic acids is 3. The van der Waals surface area contributed by atoms with E-state index in [9.17, 15) is 14.4 Å². The highest BCUT2D eigenvalue weighted by molar-refractivity contribution is 6.38. The van der Waals surface area contributed by atoms with Gasteiger partial charge in [-0.3, -0.25) is 9.59 Å². The molecule has 0 fully saturated rings. The SMILES string of the molecule is COC(=O)C(=O)CC(=O)c1cc(C)c(C)cc1C. The van der Waals surface area contributed by atoms with E-state index >= 15 is 0 Å². The zero-order valence-electron chi connectivity index (χ0n) is 11.0. The molecule has 0 radical (unpaired) electrons. The molecule has 0 unspecified atom stereocenters. The van der Waals surface area contributed by atoms with Gasteiger partial charge in [-0.25, -0.2) is 4.79 Å². The van der Waals surface area contributed by atoms with Crippen LogP contribution in [0.15, 0.2) is 12.1 Å². The van der Waals surface area contributed by atoms with Crippen LogP contribution in [0, 0.1) is 20.8 Å². The summed E-state index contributed by atoms with van der Waals surface area (Å²) in [5.41, 5.74) is 3.36. The van der Waals surface area contributed by atoms with Gasteiger partial charge in [-0.05, 0) is 43.5 Å². The molecule has 0 saturated carbocycles. The lowest BCUT2D eigenvalue weighted by atomic mass is 9.96. The lowest BCUT2D eigenvalue weighted by Crippen LogP contribution is -2.19. The van der Waals surface area contributed by atoms with Crippen molar-refractivity contribution in [1.82, 2.24) is 0 Å². The van der Waals surface area contributed by atoms with E-state index < -0.39 is 18.2 Å². The Hall–Kier alpha value is -1.97. The van der Waals surface area contributed by atoms with E-state index in [4.69, 9.17) is 0 Å². The van der Waals surface area contributed by atoms with Crippen molar-refractivity contribution in [2.24, 2.45) is 0 Å². The van der Waals surface area contributed by atoms with Crippen molar-refractivity contribution in [3.8, 4) is 0 Å². The van der Waals surface area contributed by atoms with Gasteiger partial charge in [-0.2, -0.15) is 0 Å². The molecule has 0 aliphatic rings.